The van der Waals surface area contributed by atoms with Crippen molar-refractivity contribution in [1.82, 2.24) is 20.5 Å². The Bertz CT molecular complexity index is 803. The van der Waals surface area contributed by atoms with Crippen molar-refractivity contribution in [1.29, 1.82) is 0 Å². The van der Waals surface area contributed by atoms with E-state index in [-0.39, 0.29) is 6.04 Å². The van der Waals surface area contributed by atoms with Gasteiger partial charge in [0.25, 0.3) is 0 Å². The summed E-state index contributed by atoms with van der Waals surface area (Å²) in [6.45, 7) is 9.60. The summed E-state index contributed by atoms with van der Waals surface area (Å²) in [4.78, 5) is 11.7. The highest BCUT2D eigenvalue weighted by Gasteiger charge is 2.23. The third-order valence-corrected chi connectivity index (χ3v) is 5.30. The Labute approximate surface area is 179 Å². The molecule has 0 saturated carbocycles. The van der Waals surface area contributed by atoms with Crippen LogP contribution in [-0.2, 0) is 11.3 Å². The fourth-order valence-corrected chi connectivity index (χ4v) is 3.55. The minimum atomic E-state index is 0.222. The van der Waals surface area contributed by atoms with Crippen LogP contribution < -0.4 is 15.4 Å². The zero-order valence-corrected chi connectivity index (χ0v) is 18.2. The van der Waals surface area contributed by atoms with E-state index in [0.29, 0.717) is 6.54 Å². The number of aromatic nitrogens is 1. The molecule has 2 heterocycles. The maximum atomic E-state index is 5.56. The van der Waals surface area contributed by atoms with Crippen molar-refractivity contribution in [3.05, 3.63) is 59.4 Å². The first-order chi connectivity index (χ1) is 14.7. The fourth-order valence-electron chi connectivity index (χ4n) is 3.55. The maximum absolute atomic E-state index is 5.56. The third kappa shape index (κ3) is 6.18. The summed E-state index contributed by atoms with van der Waals surface area (Å²) in [5.74, 6) is 1.67. The second-order valence-corrected chi connectivity index (χ2v) is 7.28. The molecular weight excluding hydrogens is 378 g/mol. The van der Waals surface area contributed by atoms with E-state index in [4.69, 9.17) is 14.5 Å². The van der Waals surface area contributed by atoms with Gasteiger partial charge in [-0.3, -0.25) is 9.88 Å². The second-order valence-electron chi connectivity index (χ2n) is 7.28. The number of pyridine rings is 1. The minimum absolute atomic E-state index is 0.222. The van der Waals surface area contributed by atoms with Gasteiger partial charge in [-0.15, -0.1) is 0 Å². The number of hydrogen-bond acceptors (Lipinski definition) is 5. The molecule has 1 aliphatic rings. The van der Waals surface area contributed by atoms with Crippen molar-refractivity contribution in [2.45, 2.75) is 26.4 Å². The van der Waals surface area contributed by atoms with E-state index in [1.807, 2.05) is 24.4 Å². The Kier molecular flexibility index (Phi) is 8.47. The third-order valence-electron chi connectivity index (χ3n) is 5.30. The number of nitrogens with zero attached hydrogens (tertiary/aromatic N) is 3. The molecule has 3 rings (SSSR count). The van der Waals surface area contributed by atoms with Gasteiger partial charge in [0.05, 0.1) is 38.6 Å². The van der Waals surface area contributed by atoms with E-state index in [0.717, 1.165) is 62.4 Å². The number of methoxy groups -OCH3 is 1. The van der Waals surface area contributed by atoms with Crippen LogP contribution in [0.4, 0.5) is 0 Å². The largest absolute Gasteiger partial charge is 0.497 e. The predicted octanol–water partition coefficient (Wildman–Crippen LogP) is 2.53. The SMILES string of the molecule is CCNC(=NCc1ncccc1C)NCC(c1ccc(OC)cc1)N1CCOCC1. The van der Waals surface area contributed by atoms with Crippen LogP contribution in [0.3, 0.4) is 0 Å². The van der Waals surface area contributed by atoms with Crippen molar-refractivity contribution in [3.8, 4) is 5.75 Å². The molecule has 0 spiro atoms. The van der Waals surface area contributed by atoms with Crippen molar-refractivity contribution in [3.63, 3.8) is 0 Å². The highest BCUT2D eigenvalue weighted by Crippen LogP contribution is 2.23. The summed E-state index contributed by atoms with van der Waals surface area (Å²) in [7, 11) is 1.69. The van der Waals surface area contributed by atoms with Crippen molar-refractivity contribution < 1.29 is 9.47 Å². The fraction of sp³-hybridized carbons (Fsp3) is 0.478. The molecular formula is C23H33N5O2. The number of guanidine groups is 1. The van der Waals surface area contributed by atoms with Gasteiger partial charge in [0.2, 0.25) is 0 Å². The van der Waals surface area contributed by atoms with Crippen LogP contribution in [0.25, 0.3) is 0 Å². The second kappa shape index (κ2) is 11.5. The van der Waals surface area contributed by atoms with E-state index < -0.39 is 0 Å². The molecule has 1 atom stereocenters. The summed E-state index contributed by atoms with van der Waals surface area (Å²) >= 11 is 0. The molecule has 1 aromatic carbocycles. The molecule has 1 unspecified atom stereocenters. The van der Waals surface area contributed by atoms with E-state index >= 15 is 0 Å². The van der Waals surface area contributed by atoms with E-state index in [1.165, 1.54) is 5.56 Å². The van der Waals surface area contributed by atoms with Gasteiger partial charge < -0.3 is 20.1 Å². The van der Waals surface area contributed by atoms with Gasteiger partial charge in [0.15, 0.2) is 5.96 Å². The molecule has 0 aliphatic carbocycles. The molecule has 7 heteroatoms. The summed E-state index contributed by atoms with van der Waals surface area (Å²) in [5, 5.41) is 6.88. The number of aryl methyl sites for hydroxylation is 1. The number of morpholine rings is 1. The molecule has 2 N–H and O–H groups in total. The quantitative estimate of drug-likeness (QED) is 0.514. The minimum Gasteiger partial charge on any atom is -0.497 e. The number of benzene rings is 1. The van der Waals surface area contributed by atoms with E-state index in [9.17, 15) is 0 Å². The Morgan fingerprint density at radius 3 is 2.63 bits per heavy atom. The zero-order chi connectivity index (χ0) is 21.2. The molecule has 30 heavy (non-hydrogen) atoms. The standard InChI is InChI=1S/C23H33N5O2/c1-4-24-23(26-16-21-18(2)6-5-11-25-21)27-17-22(28-12-14-30-15-13-28)19-7-9-20(29-3)10-8-19/h5-11,22H,4,12-17H2,1-3H3,(H2,24,26,27). The Morgan fingerprint density at radius 1 is 1.20 bits per heavy atom. The topological polar surface area (TPSA) is 71.0 Å². The maximum Gasteiger partial charge on any atom is 0.191 e. The van der Waals surface area contributed by atoms with E-state index in [2.05, 4.69) is 52.6 Å². The highest BCUT2D eigenvalue weighted by atomic mass is 16.5. The Hall–Kier alpha value is -2.64. The zero-order valence-electron chi connectivity index (χ0n) is 18.2. The average Bonchev–Trinajstić information content (AvgIpc) is 2.79. The van der Waals surface area contributed by atoms with Gasteiger partial charge in [0.1, 0.15) is 5.75 Å². The first-order valence-corrected chi connectivity index (χ1v) is 10.6. The summed E-state index contributed by atoms with van der Waals surface area (Å²) in [6.07, 6.45) is 1.82. The van der Waals surface area contributed by atoms with Crippen molar-refractivity contribution in [2.75, 3.05) is 46.5 Å². The van der Waals surface area contributed by atoms with Gasteiger partial charge in [-0.1, -0.05) is 18.2 Å². The van der Waals surface area contributed by atoms with Crippen LogP contribution in [0.15, 0.2) is 47.6 Å². The molecule has 162 valence electrons. The van der Waals surface area contributed by atoms with Gasteiger partial charge in [-0.2, -0.15) is 0 Å². The number of rotatable bonds is 8. The van der Waals surface area contributed by atoms with Crippen LogP contribution in [0.2, 0.25) is 0 Å². The molecule has 7 nitrogen and oxygen atoms in total. The van der Waals surface area contributed by atoms with Crippen LogP contribution in [-0.4, -0.2) is 62.3 Å². The monoisotopic (exact) mass is 411 g/mol. The molecule has 0 radical (unpaired) electrons. The van der Waals surface area contributed by atoms with E-state index in [1.54, 1.807) is 7.11 Å². The molecule has 0 bridgehead atoms. The number of nitrogens with one attached hydrogen (secondary N) is 2. The Balaban J connectivity index is 1.72. The lowest BCUT2D eigenvalue weighted by molar-refractivity contribution is 0.0170. The predicted molar refractivity (Wildman–Crippen MR) is 120 cm³/mol. The first-order valence-electron chi connectivity index (χ1n) is 10.6. The summed E-state index contributed by atoms with van der Waals surface area (Å²) < 4.78 is 10.9. The van der Waals surface area contributed by atoms with Crippen LogP contribution in [0, 0.1) is 6.92 Å². The summed E-state index contributed by atoms with van der Waals surface area (Å²) in [6, 6.07) is 12.6. The molecule has 1 aliphatic heterocycles. The van der Waals surface area contributed by atoms with Crippen LogP contribution >= 0.6 is 0 Å². The molecule has 1 fully saturated rings. The lowest BCUT2D eigenvalue weighted by atomic mass is 10.0. The number of ether oxygens (including phenoxy) is 2. The van der Waals surface area contributed by atoms with Gasteiger partial charge >= 0.3 is 0 Å². The van der Waals surface area contributed by atoms with Crippen LogP contribution in [0.1, 0.15) is 29.8 Å². The molecule has 1 aromatic heterocycles. The molecule has 0 amide bonds. The average molecular weight is 412 g/mol. The first kappa shape index (κ1) is 22.1. The van der Waals surface area contributed by atoms with Crippen LogP contribution in [0.5, 0.6) is 5.75 Å². The molecule has 1 saturated heterocycles. The lowest BCUT2D eigenvalue weighted by Gasteiger charge is -2.35. The lowest BCUT2D eigenvalue weighted by Crippen LogP contribution is -2.46. The molecule has 2 aromatic rings. The Morgan fingerprint density at radius 2 is 1.97 bits per heavy atom. The number of hydrogen-bond donors (Lipinski definition) is 2. The summed E-state index contributed by atoms with van der Waals surface area (Å²) in [5.41, 5.74) is 3.40. The normalized spacial score (nSPS) is 16.2. The van der Waals surface area contributed by atoms with Gasteiger partial charge in [0, 0.05) is 32.4 Å². The van der Waals surface area contributed by atoms with Gasteiger partial charge in [-0.05, 0) is 43.2 Å². The van der Waals surface area contributed by atoms with Gasteiger partial charge in [-0.25, -0.2) is 4.99 Å². The van der Waals surface area contributed by atoms with Crippen molar-refractivity contribution >= 4 is 5.96 Å². The smallest absolute Gasteiger partial charge is 0.191 e. The van der Waals surface area contributed by atoms with Crippen molar-refractivity contribution in [2.24, 2.45) is 4.99 Å². The highest BCUT2D eigenvalue weighted by molar-refractivity contribution is 5.79. The number of aliphatic imine (C=N–C) groups is 1.